The van der Waals surface area contributed by atoms with Gasteiger partial charge in [0.2, 0.25) is 6.79 Å². The molecule has 0 unspecified atom stereocenters. The molecule has 2 atom stereocenters. The Hall–Kier alpha value is -2.64. The Labute approximate surface area is 166 Å². The lowest BCUT2D eigenvalue weighted by Crippen LogP contribution is -2.29. The highest BCUT2D eigenvalue weighted by Gasteiger charge is 2.41. The summed E-state index contributed by atoms with van der Waals surface area (Å²) in [5, 5.41) is 4.15. The van der Waals surface area contributed by atoms with E-state index in [1.807, 2.05) is 42.6 Å². The Morgan fingerprint density at radius 1 is 1.15 bits per heavy atom. The van der Waals surface area contributed by atoms with E-state index in [-0.39, 0.29) is 18.9 Å². The van der Waals surface area contributed by atoms with E-state index in [0.29, 0.717) is 5.11 Å². The van der Waals surface area contributed by atoms with Crippen LogP contribution in [0.1, 0.15) is 27.5 Å². The van der Waals surface area contributed by atoms with Crippen molar-refractivity contribution in [2.24, 2.45) is 0 Å². The maximum absolute atomic E-state index is 5.73. The second-order valence-corrected chi connectivity index (χ2v) is 8.19. The largest absolute Gasteiger partial charge is 0.454 e. The zero-order chi connectivity index (χ0) is 18.4. The van der Waals surface area contributed by atoms with Crippen LogP contribution in [0.15, 0.2) is 54.7 Å². The molecule has 0 amide bonds. The minimum atomic E-state index is -0.0258. The van der Waals surface area contributed by atoms with Gasteiger partial charge < -0.3 is 19.7 Å². The van der Waals surface area contributed by atoms with Crippen LogP contribution in [0.3, 0.4) is 0 Å². The molecule has 2 aliphatic heterocycles. The molecule has 4 heterocycles. The highest BCUT2D eigenvalue weighted by atomic mass is 32.1. The molecule has 7 heteroatoms. The van der Waals surface area contributed by atoms with Crippen LogP contribution in [0, 0.1) is 6.92 Å². The SMILES string of the molecule is Cc1ccc([C@H]2[C@@H](c3ccccn3)NC(=S)N2c2ccc3c(c2)OCO3)s1. The molecule has 27 heavy (non-hydrogen) atoms. The number of aromatic nitrogens is 1. The molecule has 0 aliphatic carbocycles. The fourth-order valence-electron chi connectivity index (χ4n) is 3.57. The van der Waals surface area contributed by atoms with Crippen molar-refractivity contribution in [1.82, 2.24) is 10.3 Å². The van der Waals surface area contributed by atoms with Crippen molar-refractivity contribution >= 4 is 34.4 Å². The summed E-state index contributed by atoms with van der Waals surface area (Å²) >= 11 is 7.52. The van der Waals surface area contributed by atoms with E-state index in [1.54, 1.807) is 11.3 Å². The van der Waals surface area contributed by atoms with Crippen LogP contribution < -0.4 is 19.7 Å². The summed E-state index contributed by atoms with van der Waals surface area (Å²) < 4.78 is 11.0. The highest BCUT2D eigenvalue weighted by Crippen LogP contribution is 2.45. The van der Waals surface area contributed by atoms with Crippen LogP contribution in [0.25, 0.3) is 0 Å². The average molecular weight is 396 g/mol. The van der Waals surface area contributed by atoms with Crippen molar-refractivity contribution in [3.05, 3.63) is 70.2 Å². The highest BCUT2D eigenvalue weighted by molar-refractivity contribution is 7.80. The third-order valence-electron chi connectivity index (χ3n) is 4.79. The van der Waals surface area contributed by atoms with Gasteiger partial charge in [0.25, 0.3) is 0 Å². The Kier molecular flexibility index (Phi) is 3.98. The zero-order valence-corrected chi connectivity index (χ0v) is 16.2. The first-order valence-corrected chi connectivity index (χ1v) is 9.90. The first-order valence-electron chi connectivity index (χ1n) is 8.67. The molecule has 1 aromatic carbocycles. The molecule has 5 nitrogen and oxygen atoms in total. The number of rotatable bonds is 3. The van der Waals surface area contributed by atoms with Crippen molar-refractivity contribution in [1.29, 1.82) is 0 Å². The number of pyridine rings is 1. The number of anilines is 1. The van der Waals surface area contributed by atoms with E-state index in [2.05, 4.69) is 34.3 Å². The molecule has 0 bridgehead atoms. The van der Waals surface area contributed by atoms with Gasteiger partial charge in [0.05, 0.1) is 17.8 Å². The quantitative estimate of drug-likeness (QED) is 0.665. The number of thiocarbonyl (C=S) groups is 1. The molecule has 136 valence electrons. The van der Waals surface area contributed by atoms with Gasteiger partial charge >= 0.3 is 0 Å². The van der Waals surface area contributed by atoms with Gasteiger partial charge in [-0.3, -0.25) is 4.98 Å². The normalized spacial score (nSPS) is 20.8. The Balaban J connectivity index is 1.61. The number of thiophene rings is 1. The Morgan fingerprint density at radius 2 is 2.04 bits per heavy atom. The number of hydrogen-bond acceptors (Lipinski definition) is 5. The smallest absolute Gasteiger partial charge is 0.231 e. The first-order chi connectivity index (χ1) is 13.2. The number of benzene rings is 1. The summed E-state index contributed by atoms with van der Waals surface area (Å²) in [7, 11) is 0. The molecule has 2 aliphatic rings. The number of fused-ring (bicyclic) bond motifs is 1. The lowest BCUT2D eigenvalue weighted by atomic mass is 10.0. The molecule has 0 saturated carbocycles. The van der Waals surface area contributed by atoms with E-state index in [4.69, 9.17) is 21.7 Å². The van der Waals surface area contributed by atoms with Gasteiger partial charge in [0.1, 0.15) is 0 Å². The number of aryl methyl sites for hydroxylation is 1. The van der Waals surface area contributed by atoms with E-state index in [1.165, 1.54) is 9.75 Å². The van der Waals surface area contributed by atoms with Gasteiger partial charge in [-0.05, 0) is 55.5 Å². The molecule has 1 N–H and O–H groups in total. The maximum Gasteiger partial charge on any atom is 0.231 e. The zero-order valence-electron chi connectivity index (χ0n) is 14.6. The Morgan fingerprint density at radius 3 is 2.81 bits per heavy atom. The minimum Gasteiger partial charge on any atom is -0.454 e. The number of ether oxygens (including phenoxy) is 2. The summed E-state index contributed by atoms with van der Waals surface area (Å²) in [6.07, 6.45) is 1.82. The topological polar surface area (TPSA) is 46.6 Å². The molecule has 1 fully saturated rings. The molecule has 1 saturated heterocycles. The van der Waals surface area contributed by atoms with Crippen molar-refractivity contribution in [3.8, 4) is 11.5 Å². The van der Waals surface area contributed by atoms with E-state index < -0.39 is 0 Å². The van der Waals surface area contributed by atoms with Gasteiger partial charge in [0, 0.05) is 27.7 Å². The number of hydrogen-bond donors (Lipinski definition) is 1. The molecule has 5 rings (SSSR count). The summed E-state index contributed by atoms with van der Waals surface area (Å²) in [6.45, 7) is 2.38. The summed E-state index contributed by atoms with van der Waals surface area (Å²) in [5.74, 6) is 1.51. The predicted octanol–water partition coefficient (Wildman–Crippen LogP) is 4.36. The summed E-state index contributed by atoms with van der Waals surface area (Å²) in [4.78, 5) is 9.24. The average Bonchev–Trinajstić information content (AvgIpc) is 3.39. The van der Waals surface area contributed by atoms with Gasteiger partial charge in [-0.15, -0.1) is 11.3 Å². The second kappa shape index (κ2) is 6.51. The van der Waals surface area contributed by atoms with Crippen molar-refractivity contribution < 1.29 is 9.47 Å². The second-order valence-electron chi connectivity index (χ2n) is 6.48. The Bertz CT molecular complexity index is 1010. The van der Waals surface area contributed by atoms with Crippen LogP contribution >= 0.6 is 23.6 Å². The molecule has 3 aromatic rings. The van der Waals surface area contributed by atoms with Crippen LogP contribution in [0.2, 0.25) is 0 Å². The summed E-state index contributed by atoms with van der Waals surface area (Å²) in [6, 6.07) is 16.2. The van der Waals surface area contributed by atoms with Crippen molar-refractivity contribution in [2.75, 3.05) is 11.7 Å². The summed E-state index contributed by atoms with van der Waals surface area (Å²) in [5.41, 5.74) is 1.95. The van der Waals surface area contributed by atoms with Crippen LogP contribution in [0.5, 0.6) is 11.5 Å². The minimum absolute atomic E-state index is 0.0199. The fourth-order valence-corrected chi connectivity index (χ4v) is 4.92. The molecular formula is C20H17N3O2S2. The first kappa shape index (κ1) is 16.5. The van der Waals surface area contributed by atoms with Crippen LogP contribution in [0.4, 0.5) is 5.69 Å². The van der Waals surface area contributed by atoms with Crippen LogP contribution in [-0.4, -0.2) is 16.9 Å². The van der Waals surface area contributed by atoms with Gasteiger partial charge in [0.15, 0.2) is 16.6 Å². The van der Waals surface area contributed by atoms with Crippen LogP contribution in [-0.2, 0) is 0 Å². The molecule has 0 radical (unpaired) electrons. The monoisotopic (exact) mass is 395 g/mol. The third kappa shape index (κ3) is 2.83. The lowest BCUT2D eigenvalue weighted by Gasteiger charge is -2.27. The molecule has 0 spiro atoms. The molecular weight excluding hydrogens is 378 g/mol. The van der Waals surface area contributed by atoms with Gasteiger partial charge in [-0.25, -0.2) is 0 Å². The fraction of sp³-hybridized carbons (Fsp3) is 0.200. The standard InChI is InChI=1S/C20H17N3O2S2/c1-12-5-8-17(27-12)19-18(14-4-2-3-9-21-14)22-20(26)23(19)13-6-7-15-16(10-13)25-11-24-15/h2-10,18-19H,11H2,1H3,(H,22,26)/t18-,19+/m1/s1. The van der Waals surface area contributed by atoms with Gasteiger partial charge in [-0.1, -0.05) is 6.07 Å². The number of nitrogens with zero attached hydrogens (tertiary/aromatic N) is 2. The lowest BCUT2D eigenvalue weighted by molar-refractivity contribution is 0.174. The van der Waals surface area contributed by atoms with Crippen molar-refractivity contribution in [3.63, 3.8) is 0 Å². The van der Waals surface area contributed by atoms with Crippen molar-refractivity contribution in [2.45, 2.75) is 19.0 Å². The van der Waals surface area contributed by atoms with E-state index >= 15 is 0 Å². The van der Waals surface area contributed by atoms with E-state index in [0.717, 1.165) is 22.9 Å². The number of nitrogens with one attached hydrogen (secondary N) is 1. The molecule has 2 aromatic heterocycles. The van der Waals surface area contributed by atoms with E-state index in [9.17, 15) is 0 Å². The predicted molar refractivity (Wildman–Crippen MR) is 110 cm³/mol. The maximum atomic E-state index is 5.73. The third-order valence-corrected chi connectivity index (χ3v) is 6.17. The van der Waals surface area contributed by atoms with Gasteiger partial charge in [-0.2, -0.15) is 0 Å².